The molecule has 2 aromatic heterocycles. The molecule has 3 aliphatic heterocycles. The summed E-state index contributed by atoms with van der Waals surface area (Å²) >= 11 is 12.7. The Morgan fingerprint density at radius 3 is 2.62 bits per heavy atom. The molecule has 5 fully saturated rings. The second-order valence-corrected chi connectivity index (χ2v) is 13.9. The fourth-order valence-electron chi connectivity index (χ4n) is 8.27. The van der Waals surface area contributed by atoms with Crippen LogP contribution in [0, 0.1) is 41.8 Å². The largest absolute Gasteiger partial charge is 0.453 e. The average molecular weight is 685 g/mol. The quantitative estimate of drug-likeness (QED) is 0.219. The fraction of sp³-hybridized carbons (Fsp3) is 0.457. The van der Waals surface area contributed by atoms with Gasteiger partial charge in [-0.1, -0.05) is 35.3 Å². The van der Waals surface area contributed by atoms with Gasteiger partial charge < -0.3 is 15.0 Å². The number of carbonyl (C=O) groups excluding carboxylic acids is 1. The number of halogens is 5. The lowest BCUT2D eigenvalue weighted by atomic mass is 9.86. The number of rotatable bonds is 5. The zero-order valence-electron chi connectivity index (χ0n) is 25.9. The highest BCUT2D eigenvalue weighted by atomic mass is 35.5. The summed E-state index contributed by atoms with van der Waals surface area (Å²) in [6.07, 6.45) is 0.945. The van der Waals surface area contributed by atoms with Crippen LogP contribution >= 0.6 is 23.2 Å². The third-order valence-electron chi connectivity index (χ3n) is 10.5. The summed E-state index contributed by atoms with van der Waals surface area (Å²) in [5.74, 6) is -0.816. The molecule has 5 heterocycles. The zero-order chi connectivity index (χ0) is 33.1. The third kappa shape index (κ3) is 5.41. The van der Waals surface area contributed by atoms with E-state index in [0.717, 1.165) is 12.0 Å². The number of fused-ring (bicyclic) bond motifs is 6. The van der Waals surface area contributed by atoms with Crippen LogP contribution in [0.4, 0.5) is 18.0 Å². The summed E-state index contributed by atoms with van der Waals surface area (Å²) in [5.41, 5.74) is 2.94. The molecule has 2 saturated carbocycles. The van der Waals surface area contributed by atoms with Crippen molar-refractivity contribution in [3.8, 4) is 17.2 Å². The summed E-state index contributed by atoms with van der Waals surface area (Å²) in [7, 11) is 1.28. The normalized spacial score (nSPS) is 25.6. The molecule has 9 rings (SSSR count). The third-order valence-corrected chi connectivity index (χ3v) is 11.3. The zero-order valence-corrected chi connectivity index (χ0v) is 27.4. The summed E-state index contributed by atoms with van der Waals surface area (Å²) in [4.78, 5) is 22.3. The van der Waals surface area contributed by atoms with Gasteiger partial charge >= 0.3 is 6.09 Å². The van der Waals surface area contributed by atoms with Gasteiger partial charge in [-0.25, -0.2) is 22.9 Å². The molecule has 4 aromatic rings. The molecule has 0 radical (unpaired) electrons. The van der Waals surface area contributed by atoms with Gasteiger partial charge in [0, 0.05) is 57.7 Å². The number of hydrogen-bond acceptors (Lipinski definition) is 5. The molecule has 4 unspecified atom stereocenters. The highest BCUT2D eigenvalue weighted by Gasteiger charge is 2.57. The molecule has 47 heavy (non-hydrogen) atoms. The number of alkyl halides is 2. The van der Waals surface area contributed by atoms with Crippen LogP contribution in [-0.2, 0) is 11.2 Å². The first-order valence-electron chi connectivity index (χ1n) is 15.9. The second-order valence-electron chi connectivity index (χ2n) is 13.1. The summed E-state index contributed by atoms with van der Waals surface area (Å²) in [6.45, 7) is 3.06. The van der Waals surface area contributed by atoms with Crippen molar-refractivity contribution in [3.05, 3.63) is 63.1 Å². The number of nitriles is 1. The van der Waals surface area contributed by atoms with E-state index in [1.54, 1.807) is 36.1 Å². The molecular weight excluding hydrogens is 650 g/mol. The molecule has 2 aliphatic carbocycles. The molecular formula is C35H34Cl2F3N5O2. The lowest BCUT2D eigenvalue weighted by molar-refractivity contribution is 0.00235. The van der Waals surface area contributed by atoms with Crippen molar-refractivity contribution in [1.29, 1.82) is 5.26 Å². The molecule has 2 N–H and O–H groups in total. The van der Waals surface area contributed by atoms with Crippen molar-refractivity contribution >= 4 is 51.1 Å². The van der Waals surface area contributed by atoms with E-state index in [-0.39, 0.29) is 46.4 Å². The van der Waals surface area contributed by atoms with E-state index in [1.807, 2.05) is 6.07 Å². The lowest BCUT2D eigenvalue weighted by Crippen LogP contribution is -2.43. The Kier molecular flexibility index (Phi) is 8.52. The monoisotopic (exact) mass is 683 g/mol. The van der Waals surface area contributed by atoms with Crippen molar-refractivity contribution in [2.75, 3.05) is 13.7 Å². The standard InChI is InChI=1S/C30H25Cl2F3N4O2.C5H9N/c1-13-17-12-22(28-18-10-15(11-19(18)29(34)35)39(28)30(40)41-2)38-26(17)20-9-14(5-4-8-36)23(25(33)27(20)37-13)16-6-3-7-21(31)24(16)32;1-4-2-5(1)6-3-4/h3,6-7,9,12,15,18-19,28-29,38H,4-5,10-11H2,1-2H3;4-6H,1-3H2. The predicted molar refractivity (Wildman–Crippen MR) is 175 cm³/mol. The minimum atomic E-state index is -2.51. The van der Waals surface area contributed by atoms with Crippen LogP contribution in [0.5, 0.6) is 0 Å². The molecule has 4 atom stereocenters. The molecule has 3 saturated heterocycles. The second kappa shape index (κ2) is 12.5. The molecule has 2 aromatic carbocycles. The number of likely N-dealkylation sites (tertiary alicyclic amines) is 1. The first-order valence-corrected chi connectivity index (χ1v) is 16.7. The van der Waals surface area contributed by atoms with Crippen molar-refractivity contribution in [3.63, 3.8) is 0 Å². The van der Waals surface area contributed by atoms with E-state index >= 15 is 4.39 Å². The van der Waals surface area contributed by atoms with Crippen LogP contribution in [0.15, 0.2) is 30.3 Å². The number of aromatic nitrogens is 2. The van der Waals surface area contributed by atoms with Gasteiger partial charge in [-0.15, -0.1) is 0 Å². The molecule has 4 bridgehead atoms. The van der Waals surface area contributed by atoms with Gasteiger partial charge in [0.05, 0.1) is 34.8 Å². The minimum absolute atomic E-state index is 0.0957. The van der Waals surface area contributed by atoms with Crippen LogP contribution in [-0.4, -0.2) is 53.1 Å². The average Bonchev–Trinajstić information content (AvgIpc) is 3.88. The first kappa shape index (κ1) is 32.0. The van der Waals surface area contributed by atoms with Crippen LogP contribution in [0.25, 0.3) is 32.9 Å². The van der Waals surface area contributed by atoms with Gasteiger partial charge in [-0.2, -0.15) is 5.26 Å². The number of hydrogen-bond donors (Lipinski definition) is 2. The van der Waals surface area contributed by atoms with E-state index in [9.17, 15) is 18.8 Å². The van der Waals surface area contributed by atoms with Gasteiger partial charge in [-0.3, -0.25) is 4.90 Å². The topological polar surface area (TPSA) is 94.0 Å². The number of amides is 1. The number of aryl methyl sites for hydroxylation is 2. The van der Waals surface area contributed by atoms with Crippen LogP contribution in [0.3, 0.4) is 0 Å². The van der Waals surface area contributed by atoms with E-state index in [0.29, 0.717) is 45.2 Å². The number of carbonyl (C=O) groups is 1. The number of nitrogens with zero attached hydrogens (tertiary/aromatic N) is 3. The molecule has 7 nitrogen and oxygen atoms in total. The number of pyridine rings is 1. The number of H-pyrrole nitrogens is 1. The molecule has 12 heteroatoms. The maximum atomic E-state index is 16.4. The Hall–Kier alpha value is -3.52. The smallest absolute Gasteiger partial charge is 0.410 e. The number of piperidine rings is 1. The molecule has 1 amide bonds. The van der Waals surface area contributed by atoms with Gasteiger partial charge in [0.25, 0.3) is 0 Å². The van der Waals surface area contributed by atoms with Crippen molar-refractivity contribution < 1.29 is 22.7 Å². The Labute approximate surface area is 280 Å². The number of nitrogens with one attached hydrogen (secondary N) is 2. The van der Waals surface area contributed by atoms with Gasteiger partial charge in [0.2, 0.25) is 6.43 Å². The molecule has 0 spiro atoms. The Balaban J connectivity index is 0.000000519. The maximum Gasteiger partial charge on any atom is 0.410 e. The predicted octanol–water partition coefficient (Wildman–Crippen LogP) is 8.74. The van der Waals surface area contributed by atoms with E-state index < -0.39 is 36.2 Å². The SMILES string of the molecule is C1NC2CC1C2.COC(=O)N1C2CC(C(F)F)C(C2)C1c1cc2c(C)nc3c(F)c(-c4cccc(Cl)c4Cl)c(CCC#N)cc3c2[nH]1. The number of benzene rings is 2. The van der Waals surface area contributed by atoms with E-state index in [1.165, 1.54) is 26.5 Å². The Morgan fingerprint density at radius 2 is 1.98 bits per heavy atom. The Morgan fingerprint density at radius 1 is 1.19 bits per heavy atom. The molecule has 246 valence electrons. The lowest BCUT2D eigenvalue weighted by Gasteiger charge is -2.37. The van der Waals surface area contributed by atoms with Gasteiger partial charge in [-0.05, 0) is 81.2 Å². The Bertz CT molecular complexity index is 1910. The van der Waals surface area contributed by atoms with Gasteiger partial charge in [0.1, 0.15) is 5.52 Å². The highest BCUT2D eigenvalue weighted by Crippen LogP contribution is 2.55. The van der Waals surface area contributed by atoms with Crippen LogP contribution in [0.1, 0.15) is 55.1 Å². The fourth-order valence-corrected chi connectivity index (χ4v) is 8.66. The number of aromatic amines is 1. The number of methoxy groups -OCH3 is 1. The molecule has 5 aliphatic rings. The summed E-state index contributed by atoms with van der Waals surface area (Å²) < 4.78 is 49.4. The summed E-state index contributed by atoms with van der Waals surface area (Å²) in [6, 6.07) is 10.6. The van der Waals surface area contributed by atoms with Crippen molar-refractivity contribution in [2.24, 2.45) is 17.8 Å². The highest BCUT2D eigenvalue weighted by molar-refractivity contribution is 6.43. The number of ether oxygens (including phenoxy) is 1. The van der Waals surface area contributed by atoms with Crippen molar-refractivity contribution in [2.45, 2.75) is 70.0 Å². The van der Waals surface area contributed by atoms with E-state index in [4.69, 9.17) is 27.9 Å². The van der Waals surface area contributed by atoms with Crippen LogP contribution < -0.4 is 5.32 Å². The maximum absolute atomic E-state index is 16.4. The van der Waals surface area contributed by atoms with Crippen LogP contribution in [0.2, 0.25) is 10.0 Å². The van der Waals surface area contributed by atoms with Crippen molar-refractivity contribution in [1.82, 2.24) is 20.2 Å². The minimum Gasteiger partial charge on any atom is -0.453 e. The first-order chi connectivity index (χ1) is 22.6. The van der Waals surface area contributed by atoms with Gasteiger partial charge in [0.15, 0.2) is 5.82 Å². The van der Waals surface area contributed by atoms with E-state index in [2.05, 4.69) is 21.4 Å². The summed E-state index contributed by atoms with van der Waals surface area (Å²) in [5, 5.41) is 14.3.